The third kappa shape index (κ3) is 4.89. The molecule has 0 unspecified atom stereocenters. The normalized spacial score (nSPS) is 15.1. The predicted molar refractivity (Wildman–Crippen MR) is 121 cm³/mol. The van der Waals surface area contributed by atoms with Crippen molar-refractivity contribution in [3.63, 3.8) is 0 Å². The second-order valence-corrected chi connectivity index (χ2v) is 8.23. The van der Waals surface area contributed by atoms with E-state index in [-0.39, 0.29) is 24.7 Å². The third-order valence-electron chi connectivity index (χ3n) is 5.49. The summed E-state index contributed by atoms with van der Waals surface area (Å²) in [6.45, 7) is 3.85. The van der Waals surface area contributed by atoms with Gasteiger partial charge in [-0.25, -0.2) is 0 Å². The lowest BCUT2D eigenvalue weighted by Crippen LogP contribution is -2.33. The van der Waals surface area contributed by atoms with Crippen molar-refractivity contribution in [2.75, 3.05) is 13.7 Å². The van der Waals surface area contributed by atoms with Crippen LogP contribution in [-0.2, 0) is 16.0 Å². The molecule has 1 aliphatic carbocycles. The molecule has 1 atom stereocenters. The first-order valence-corrected chi connectivity index (χ1v) is 11.0. The van der Waals surface area contributed by atoms with Crippen molar-refractivity contribution in [2.24, 2.45) is 0 Å². The molecule has 1 heterocycles. The number of nitrogens with one attached hydrogen (secondary N) is 1. The molecule has 2 aromatic carbocycles. The highest BCUT2D eigenvalue weighted by Gasteiger charge is 2.25. The Hall–Kier alpha value is -3.70. The van der Waals surface area contributed by atoms with E-state index in [1.54, 1.807) is 18.2 Å². The van der Waals surface area contributed by atoms with Crippen molar-refractivity contribution in [1.29, 1.82) is 5.26 Å². The molecular weight excluding hydrogens is 420 g/mol. The lowest BCUT2D eigenvalue weighted by Gasteiger charge is -2.27. The Bertz CT molecular complexity index is 1200. The largest absolute Gasteiger partial charge is 0.490 e. The third-order valence-corrected chi connectivity index (χ3v) is 5.49. The van der Waals surface area contributed by atoms with Gasteiger partial charge in [-0.3, -0.25) is 4.79 Å². The molecule has 0 aliphatic heterocycles. The minimum atomic E-state index is -0.138. The van der Waals surface area contributed by atoms with Crippen LogP contribution in [0.3, 0.4) is 0 Å². The van der Waals surface area contributed by atoms with Crippen molar-refractivity contribution in [3.8, 4) is 34.7 Å². The molecule has 1 aromatic heterocycles. The zero-order valence-corrected chi connectivity index (χ0v) is 18.9. The average Bonchev–Trinajstić information content (AvgIpc) is 3.29. The van der Waals surface area contributed by atoms with Gasteiger partial charge in [0.1, 0.15) is 18.4 Å². The zero-order chi connectivity index (χ0) is 23.4. The fourth-order valence-electron chi connectivity index (χ4n) is 4.13. The van der Waals surface area contributed by atoms with Gasteiger partial charge in [0.25, 0.3) is 5.89 Å². The number of benzene rings is 2. The van der Waals surface area contributed by atoms with Crippen LogP contribution in [0, 0.1) is 11.3 Å². The summed E-state index contributed by atoms with van der Waals surface area (Å²) in [6, 6.07) is 13.3. The van der Waals surface area contributed by atoms with Crippen molar-refractivity contribution in [1.82, 2.24) is 15.5 Å². The van der Waals surface area contributed by atoms with Gasteiger partial charge in [-0.2, -0.15) is 10.2 Å². The Morgan fingerprint density at radius 2 is 2.18 bits per heavy atom. The Labute approximate surface area is 192 Å². The van der Waals surface area contributed by atoms with E-state index in [1.807, 2.05) is 32.0 Å². The number of aromatic nitrogens is 2. The molecule has 4 rings (SSSR count). The second kappa shape index (κ2) is 9.84. The molecular formula is C25H26N4O4. The van der Waals surface area contributed by atoms with Crippen LogP contribution in [0.15, 0.2) is 40.9 Å². The van der Waals surface area contributed by atoms with E-state index >= 15 is 0 Å². The summed E-state index contributed by atoms with van der Waals surface area (Å²) in [5.41, 5.74) is 4.12. The Morgan fingerprint density at radius 3 is 2.94 bits per heavy atom. The van der Waals surface area contributed by atoms with E-state index in [1.165, 1.54) is 7.11 Å². The molecule has 33 heavy (non-hydrogen) atoms. The minimum Gasteiger partial charge on any atom is -0.490 e. The lowest BCUT2D eigenvalue weighted by molar-refractivity contribution is -0.125. The van der Waals surface area contributed by atoms with Crippen LogP contribution >= 0.6 is 0 Å². The number of rotatable bonds is 7. The number of methoxy groups -OCH3 is 1. The molecule has 3 aromatic rings. The summed E-state index contributed by atoms with van der Waals surface area (Å²) >= 11 is 0. The molecule has 1 aliphatic rings. The van der Waals surface area contributed by atoms with Gasteiger partial charge in [0.15, 0.2) is 0 Å². The van der Waals surface area contributed by atoms with E-state index in [0.29, 0.717) is 28.6 Å². The van der Waals surface area contributed by atoms with Gasteiger partial charge in [-0.1, -0.05) is 23.4 Å². The molecule has 8 nitrogen and oxygen atoms in total. The number of fused-ring (bicyclic) bond motifs is 1. The molecule has 0 saturated heterocycles. The molecule has 170 valence electrons. The number of nitriles is 1. The van der Waals surface area contributed by atoms with Gasteiger partial charge in [-0.15, -0.1) is 0 Å². The van der Waals surface area contributed by atoms with Crippen LogP contribution in [-0.4, -0.2) is 35.9 Å². The average molecular weight is 447 g/mol. The fraction of sp³-hybridized carbons (Fsp3) is 0.360. The molecule has 0 fully saturated rings. The minimum absolute atomic E-state index is 0.0331. The van der Waals surface area contributed by atoms with Crippen molar-refractivity contribution < 1.29 is 18.8 Å². The van der Waals surface area contributed by atoms with Gasteiger partial charge < -0.3 is 19.3 Å². The smallest absolute Gasteiger partial charge is 0.258 e. The summed E-state index contributed by atoms with van der Waals surface area (Å²) in [5, 5.41) is 16.8. The van der Waals surface area contributed by atoms with Crippen LogP contribution < -0.4 is 10.1 Å². The maximum Gasteiger partial charge on any atom is 0.258 e. The topological polar surface area (TPSA) is 110 Å². The van der Waals surface area contributed by atoms with Crippen LogP contribution in [0.2, 0.25) is 0 Å². The van der Waals surface area contributed by atoms with E-state index in [9.17, 15) is 10.1 Å². The molecule has 0 bridgehead atoms. The van der Waals surface area contributed by atoms with Gasteiger partial charge in [0, 0.05) is 18.2 Å². The molecule has 0 saturated carbocycles. The Morgan fingerprint density at radius 1 is 1.33 bits per heavy atom. The Balaban J connectivity index is 1.64. The Kier molecular flexibility index (Phi) is 6.71. The SMILES string of the molecule is COCC(=O)N[C@H]1CCCc2c(-c3noc(-c4ccc(OC(C)C)c(C#N)c4)n3)cccc21. The number of ether oxygens (including phenoxy) is 2. The zero-order valence-electron chi connectivity index (χ0n) is 18.9. The number of amides is 1. The van der Waals surface area contributed by atoms with Crippen LogP contribution in [0.5, 0.6) is 5.75 Å². The molecule has 1 amide bonds. The maximum absolute atomic E-state index is 12.1. The summed E-state index contributed by atoms with van der Waals surface area (Å²) < 4.78 is 16.2. The van der Waals surface area contributed by atoms with E-state index in [2.05, 4.69) is 21.5 Å². The van der Waals surface area contributed by atoms with Crippen LogP contribution in [0.1, 0.15) is 49.4 Å². The fourth-order valence-corrected chi connectivity index (χ4v) is 4.13. The van der Waals surface area contributed by atoms with Gasteiger partial charge in [-0.05, 0) is 62.4 Å². The number of carbonyl (C=O) groups is 1. The first-order chi connectivity index (χ1) is 16.0. The number of carbonyl (C=O) groups excluding carboxylic acids is 1. The van der Waals surface area contributed by atoms with E-state index < -0.39 is 0 Å². The van der Waals surface area contributed by atoms with Crippen molar-refractivity contribution >= 4 is 5.91 Å². The summed E-state index contributed by atoms with van der Waals surface area (Å²) in [5.74, 6) is 1.19. The lowest BCUT2D eigenvalue weighted by atomic mass is 9.84. The summed E-state index contributed by atoms with van der Waals surface area (Å²) in [6.07, 6.45) is 2.64. The predicted octanol–water partition coefficient (Wildman–Crippen LogP) is 4.20. The van der Waals surface area contributed by atoms with E-state index in [4.69, 9.17) is 14.0 Å². The number of hydrogen-bond acceptors (Lipinski definition) is 7. The summed E-state index contributed by atoms with van der Waals surface area (Å²) in [7, 11) is 1.50. The highest BCUT2D eigenvalue weighted by molar-refractivity contribution is 5.78. The van der Waals surface area contributed by atoms with Gasteiger partial charge in [0.05, 0.1) is 17.7 Å². The standard InChI is InChI=1S/C25H26N4O4/c1-15(2)32-22-11-10-16(12-17(22)13-26)25-28-24(29-33-25)20-8-4-7-19-18(20)6-5-9-21(19)27-23(30)14-31-3/h4,7-8,10-12,15,21H,5-6,9,14H2,1-3H3,(H,27,30)/t21-/m0/s1. The molecule has 0 radical (unpaired) electrons. The quantitative estimate of drug-likeness (QED) is 0.579. The number of hydrogen-bond donors (Lipinski definition) is 1. The summed E-state index contributed by atoms with van der Waals surface area (Å²) in [4.78, 5) is 16.7. The van der Waals surface area contributed by atoms with E-state index in [0.717, 1.165) is 36.0 Å². The van der Waals surface area contributed by atoms with Crippen LogP contribution in [0.4, 0.5) is 0 Å². The first-order valence-electron chi connectivity index (χ1n) is 11.0. The van der Waals surface area contributed by atoms with Crippen molar-refractivity contribution in [2.45, 2.75) is 45.3 Å². The van der Waals surface area contributed by atoms with Crippen LogP contribution in [0.25, 0.3) is 22.8 Å². The highest BCUT2D eigenvalue weighted by atomic mass is 16.5. The van der Waals surface area contributed by atoms with Crippen molar-refractivity contribution in [3.05, 3.63) is 53.1 Å². The highest BCUT2D eigenvalue weighted by Crippen LogP contribution is 2.36. The first kappa shape index (κ1) is 22.5. The van der Waals surface area contributed by atoms with Gasteiger partial charge >= 0.3 is 0 Å². The molecule has 8 heteroatoms. The van der Waals surface area contributed by atoms with Gasteiger partial charge in [0.2, 0.25) is 11.7 Å². The number of nitrogens with zero attached hydrogens (tertiary/aromatic N) is 3. The second-order valence-electron chi connectivity index (χ2n) is 8.23. The molecule has 1 N–H and O–H groups in total. The monoisotopic (exact) mass is 446 g/mol. The molecule has 0 spiro atoms. The maximum atomic E-state index is 12.1.